The van der Waals surface area contributed by atoms with Crippen molar-refractivity contribution in [3.05, 3.63) is 77.6 Å². The zero-order valence-electron chi connectivity index (χ0n) is 13.5. The number of aliphatic hydroxyl groups excluding tert-OH is 1. The molecule has 0 aliphatic rings. The molecule has 1 amide bonds. The van der Waals surface area contributed by atoms with Gasteiger partial charge < -0.3 is 10.4 Å². The Balaban J connectivity index is 1.84. The molecule has 4 heteroatoms. The van der Waals surface area contributed by atoms with Crippen molar-refractivity contribution >= 4 is 12.0 Å². The molecule has 0 fully saturated rings. The van der Waals surface area contributed by atoms with E-state index in [9.17, 15) is 14.3 Å². The molecule has 0 aromatic heterocycles. The van der Waals surface area contributed by atoms with Crippen LogP contribution >= 0.6 is 0 Å². The van der Waals surface area contributed by atoms with Crippen molar-refractivity contribution in [3.8, 4) is 0 Å². The number of carbonyl (C=O) groups is 1. The summed E-state index contributed by atoms with van der Waals surface area (Å²) >= 11 is 0. The molecule has 0 aliphatic heterocycles. The van der Waals surface area contributed by atoms with E-state index < -0.39 is 0 Å². The van der Waals surface area contributed by atoms with Crippen LogP contribution in [0.4, 0.5) is 4.39 Å². The summed E-state index contributed by atoms with van der Waals surface area (Å²) in [6.45, 7) is 0.541. The molecule has 1 atom stereocenters. The average Bonchev–Trinajstić information content (AvgIpc) is 2.61. The predicted octanol–water partition coefficient (Wildman–Crippen LogP) is 3.51. The highest BCUT2D eigenvalue weighted by Crippen LogP contribution is 2.18. The molecule has 0 spiro atoms. The number of halogens is 1. The SMILES string of the molecule is O=C(C/C=C/c1ccccc1F)NCC(CCO)c1ccccc1. The zero-order chi connectivity index (χ0) is 17.2. The lowest BCUT2D eigenvalue weighted by Crippen LogP contribution is -2.28. The first-order valence-electron chi connectivity index (χ1n) is 8.04. The molecule has 3 nitrogen and oxygen atoms in total. The van der Waals surface area contributed by atoms with E-state index in [0.717, 1.165) is 5.56 Å². The van der Waals surface area contributed by atoms with Crippen LogP contribution in [0.5, 0.6) is 0 Å². The molecular weight excluding hydrogens is 305 g/mol. The number of nitrogens with one attached hydrogen (secondary N) is 1. The summed E-state index contributed by atoms with van der Waals surface area (Å²) < 4.78 is 13.5. The van der Waals surface area contributed by atoms with Gasteiger partial charge in [0.05, 0.1) is 0 Å². The maximum absolute atomic E-state index is 13.5. The number of benzene rings is 2. The van der Waals surface area contributed by atoms with Crippen LogP contribution in [0.3, 0.4) is 0 Å². The predicted molar refractivity (Wildman–Crippen MR) is 93.9 cm³/mol. The fourth-order valence-corrected chi connectivity index (χ4v) is 2.48. The molecular formula is C20H22FNO2. The number of hydrogen-bond acceptors (Lipinski definition) is 2. The Bertz CT molecular complexity index is 670. The van der Waals surface area contributed by atoms with Gasteiger partial charge in [-0.15, -0.1) is 0 Å². The highest BCUT2D eigenvalue weighted by molar-refractivity contribution is 5.78. The molecule has 24 heavy (non-hydrogen) atoms. The molecule has 126 valence electrons. The van der Waals surface area contributed by atoms with Crippen LogP contribution in [0, 0.1) is 5.82 Å². The van der Waals surface area contributed by atoms with Gasteiger partial charge in [0.25, 0.3) is 0 Å². The van der Waals surface area contributed by atoms with Crippen molar-refractivity contribution in [2.45, 2.75) is 18.8 Å². The third-order valence-corrected chi connectivity index (χ3v) is 3.80. The normalized spacial score (nSPS) is 12.2. The summed E-state index contributed by atoms with van der Waals surface area (Å²) in [6.07, 6.45) is 4.04. The topological polar surface area (TPSA) is 49.3 Å². The fraction of sp³-hybridized carbons (Fsp3) is 0.250. The molecule has 1 unspecified atom stereocenters. The van der Waals surface area contributed by atoms with E-state index in [1.807, 2.05) is 30.3 Å². The maximum atomic E-state index is 13.5. The van der Waals surface area contributed by atoms with Gasteiger partial charge in [0, 0.05) is 31.1 Å². The van der Waals surface area contributed by atoms with Crippen LogP contribution in [0.1, 0.15) is 29.9 Å². The smallest absolute Gasteiger partial charge is 0.223 e. The lowest BCUT2D eigenvalue weighted by molar-refractivity contribution is -0.120. The first-order chi connectivity index (χ1) is 11.7. The Morgan fingerprint density at radius 2 is 1.83 bits per heavy atom. The summed E-state index contributed by atoms with van der Waals surface area (Å²) in [5, 5.41) is 12.1. The van der Waals surface area contributed by atoms with Gasteiger partial charge in [0.15, 0.2) is 0 Å². The van der Waals surface area contributed by atoms with E-state index in [4.69, 9.17) is 0 Å². The fourth-order valence-electron chi connectivity index (χ4n) is 2.48. The largest absolute Gasteiger partial charge is 0.396 e. The van der Waals surface area contributed by atoms with E-state index in [2.05, 4.69) is 5.32 Å². The van der Waals surface area contributed by atoms with Crippen LogP contribution in [0.15, 0.2) is 60.7 Å². The van der Waals surface area contributed by atoms with E-state index in [1.165, 1.54) is 6.07 Å². The second kappa shape index (κ2) is 9.63. The number of hydrogen-bond donors (Lipinski definition) is 2. The summed E-state index contributed by atoms with van der Waals surface area (Å²) in [5.74, 6) is -0.349. The Hall–Kier alpha value is -2.46. The third-order valence-electron chi connectivity index (χ3n) is 3.80. The maximum Gasteiger partial charge on any atom is 0.223 e. The number of amides is 1. The van der Waals surface area contributed by atoms with Crippen molar-refractivity contribution in [2.24, 2.45) is 0 Å². The summed E-state index contributed by atoms with van der Waals surface area (Å²) in [7, 11) is 0. The van der Waals surface area contributed by atoms with Gasteiger partial charge in [-0.25, -0.2) is 4.39 Å². The first kappa shape index (κ1) is 17.9. The standard InChI is InChI=1S/C20H22FNO2/c21-19-11-5-4-9-17(19)10-6-12-20(24)22-15-18(13-14-23)16-7-2-1-3-8-16/h1-11,18,23H,12-15H2,(H,22,24)/b10-6+. The Morgan fingerprint density at radius 1 is 1.12 bits per heavy atom. The lowest BCUT2D eigenvalue weighted by Gasteiger charge is -2.16. The van der Waals surface area contributed by atoms with Crippen LogP contribution in [-0.4, -0.2) is 24.2 Å². The van der Waals surface area contributed by atoms with Crippen LogP contribution in [-0.2, 0) is 4.79 Å². The van der Waals surface area contributed by atoms with E-state index in [-0.39, 0.29) is 30.7 Å². The van der Waals surface area contributed by atoms with Crippen molar-refractivity contribution in [3.63, 3.8) is 0 Å². The van der Waals surface area contributed by atoms with Crippen LogP contribution in [0.2, 0.25) is 0 Å². The highest BCUT2D eigenvalue weighted by atomic mass is 19.1. The van der Waals surface area contributed by atoms with Gasteiger partial charge >= 0.3 is 0 Å². The lowest BCUT2D eigenvalue weighted by atomic mass is 9.96. The van der Waals surface area contributed by atoms with Crippen LogP contribution < -0.4 is 5.32 Å². The Labute approximate surface area is 141 Å². The molecule has 0 bridgehead atoms. The van der Waals surface area contributed by atoms with Crippen molar-refractivity contribution < 1.29 is 14.3 Å². The minimum Gasteiger partial charge on any atom is -0.396 e. The average molecular weight is 327 g/mol. The third kappa shape index (κ3) is 5.63. The number of aliphatic hydroxyl groups is 1. The monoisotopic (exact) mass is 327 g/mol. The van der Waals surface area contributed by atoms with E-state index >= 15 is 0 Å². The van der Waals surface area contributed by atoms with Crippen molar-refractivity contribution in [1.29, 1.82) is 0 Å². The highest BCUT2D eigenvalue weighted by Gasteiger charge is 2.11. The minimum atomic E-state index is -0.304. The summed E-state index contributed by atoms with van der Waals surface area (Å²) in [6, 6.07) is 16.2. The number of rotatable bonds is 8. The second-order valence-electron chi connectivity index (χ2n) is 5.55. The summed E-state index contributed by atoms with van der Waals surface area (Å²) in [4.78, 5) is 11.9. The Morgan fingerprint density at radius 3 is 2.54 bits per heavy atom. The molecule has 2 aromatic rings. The number of carbonyl (C=O) groups excluding carboxylic acids is 1. The molecule has 2 aromatic carbocycles. The Kier molecular flexibility index (Phi) is 7.18. The van der Waals surface area contributed by atoms with Gasteiger partial charge in [-0.2, -0.15) is 0 Å². The van der Waals surface area contributed by atoms with Gasteiger partial charge in [-0.3, -0.25) is 4.79 Å². The quantitative estimate of drug-likeness (QED) is 0.779. The zero-order valence-corrected chi connectivity index (χ0v) is 13.5. The minimum absolute atomic E-state index is 0.0720. The summed E-state index contributed by atoms with van der Waals surface area (Å²) in [5.41, 5.74) is 1.56. The van der Waals surface area contributed by atoms with E-state index in [1.54, 1.807) is 30.4 Å². The van der Waals surface area contributed by atoms with Crippen molar-refractivity contribution in [2.75, 3.05) is 13.2 Å². The van der Waals surface area contributed by atoms with Gasteiger partial charge in [0.2, 0.25) is 5.91 Å². The van der Waals surface area contributed by atoms with Gasteiger partial charge in [0.1, 0.15) is 5.82 Å². The van der Waals surface area contributed by atoms with Crippen LogP contribution in [0.25, 0.3) is 6.08 Å². The van der Waals surface area contributed by atoms with Gasteiger partial charge in [-0.1, -0.05) is 60.7 Å². The first-order valence-corrected chi connectivity index (χ1v) is 8.04. The van der Waals surface area contributed by atoms with Crippen molar-refractivity contribution in [1.82, 2.24) is 5.32 Å². The van der Waals surface area contributed by atoms with Gasteiger partial charge in [-0.05, 0) is 18.1 Å². The molecule has 0 saturated carbocycles. The van der Waals surface area contributed by atoms with E-state index in [0.29, 0.717) is 18.5 Å². The molecule has 2 N–H and O–H groups in total. The molecule has 0 radical (unpaired) electrons. The second-order valence-corrected chi connectivity index (χ2v) is 5.55. The molecule has 0 saturated heterocycles. The molecule has 0 aliphatic carbocycles. The molecule has 0 heterocycles. The molecule has 2 rings (SSSR count).